The average Bonchev–Trinajstić information content (AvgIpc) is 3.17. The van der Waals surface area contributed by atoms with Gasteiger partial charge in [0.05, 0.1) is 24.8 Å². The summed E-state index contributed by atoms with van der Waals surface area (Å²) in [5.74, 6) is -0.384. The second-order valence-corrected chi connectivity index (χ2v) is 6.28. The molecule has 0 radical (unpaired) electrons. The van der Waals surface area contributed by atoms with E-state index in [1.165, 1.54) is 18.2 Å². The van der Waals surface area contributed by atoms with Gasteiger partial charge in [-0.25, -0.2) is 9.38 Å². The maximum Gasteiger partial charge on any atom is 0.387 e. The van der Waals surface area contributed by atoms with Crippen molar-refractivity contribution in [2.75, 3.05) is 32.9 Å². The van der Waals surface area contributed by atoms with Crippen molar-refractivity contribution >= 4 is 29.9 Å². The Morgan fingerprint density at radius 3 is 2.86 bits per heavy atom. The van der Waals surface area contributed by atoms with Crippen LogP contribution in [0.4, 0.5) is 13.2 Å². The number of nitrogens with one attached hydrogen (secondary N) is 2. The lowest BCUT2D eigenvalue weighted by Gasteiger charge is -2.14. The average molecular weight is 531 g/mol. The van der Waals surface area contributed by atoms with E-state index in [2.05, 4.69) is 20.4 Å². The van der Waals surface area contributed by atoms with Gasteiger partial charge in [-0.1, -0.05) is 6.07 Å². The first-order valence-corrected chi connectivity index (χ1v) is 9.54. The molecule has 1 aliphatic rings. The van der Waals surface area contributed by atoms with Crippen LogP contribution in [0.5, 0.6) is 5.75 Å². The van der Waals surface area contributed by atoms with Crippen LogP contribution in [-0.2, 0) is 16.0 Å². The van der Waals surface area contributed by atoms with Crippen LogP contribution in [0, 0.1) is 5.82 Å². The van der Waals surface area contributed by atoms with Crippen molar-refractivity contribution in [2.24, 2.45) is 4.99 Å². The number of halogens is 4. The second-order valence-electron chi connectivity index (χ2n) is 6.28. The van der Waals surface area contributed by atoms with Gasteiger partial charge in [0.25, 0.3) is 0 Å². The monoisotopic (exact) mass is 531 g/mol. The fraction of sp³-hybridized carbons (Fsp3) is 0.632. The summed E-state index contributed by atoms with van der Waals surface area (Å²) < 4.78 is 54.4. The molecule has 1 unspecified atom stereocenters. The molecular formula is C19H29F3IN3O3. The van der Waals surface area contributed by atoms with Gasteiger partial charge in [-0.2, -0.15) is 8.78 Å². The van der Waals surface area contributed by atoms with Crippen molar-refractivity contribution in [1.29, 1.82) is 0 Å². The number of aliphatic imine (C=N–C) groups is 1. The largest absolute Gasteiger partial charge is 0.434 e. The molecule has 0 saturated carbocycles. The number of nitrogens with zero attached hydrogens (tertiary/aromatic N) is 1. The number of hydrogen-bond donors (Lipinski definition) is 2. The number of benzene rings is 1. The summed E-state index contributed by atoms with van der Waals surface area (Å²) in [5, 5.41) is 6.15. The second kappa shape index (κ2) is 14.7. The van der Waals surface area contributed by atoms with Crippen LogP contribution in [0.15, 0.2) is 23.2 Å². The van der Waals surface area contributed by atoms with E-state index in [4.69, 9.17) is 9.47 Å². The molecule has 2 N–H and O–H groups in total. The highest BCUT2D eigenvalue weighted by atomic mass is 127. The molecule has 1 saturated heterocycles. The summed E-state index contributed by atoms with van der Waals surface area (Å²) in [4.78, 5) is 4.26. The van der Waals surface area contributed by atoms with Gasteiger partial charge in [-0.3, -0.25) is 0 Å². The molecule has 1 heterocycles. The number of guanidine groups is 1. The minimum absolute atomic E-state index is 0. The van der Waals surface area contributed by atoms with Crippen molar-refractivity contribution in [3.05, 3.63) is 29.6 Å². The van der Waals surface area contributed by atoms with E-state index in [0.717, 1.165) is 25.9 Å². The first-order valence-electron chi connectivity index (χ1n) is 9.54. The molecule has 0 bridgehead atoms. The van der Waals surface area contributed by atoms with E-state index in [-0.39, 0.29) is 47.9 Å². The molecular weight excluding hydrogens is 502 g/mol. The highest BCUT2D eigenvalue weighted by molar-refractivity contribution is 14.0. The van der Waals surface area contributed by atoms with Gasteiger partial charge in [0.2, 0.25) is 0 Å². The van der Waals surface area contributed by atoms with Crippen LogP contribution >= 0.6 is 24.0 Å². The molecule has 29 heavy (non-hydrogen) atoms. The van der Waals surface area contributed by atoms with Crippen LogP contribution in [0.1, 0.15) is 31.7 Å². The van der Waals surface area contributed by atoms with E-state index in [9.17, 15) is 13.2 Å². The zero-order valence-corrected chi connectivity index (χ0v) is 18.8. The normalized spacial score (nSPS) is 16.6. The van der Waals surface area contributed by atoms with E-state index >= 15 is 0 Å². The van der Waals surface area contributed by atoms with Gasteiger partial charge in [-0.15, -0.1) is 24.0 Å². The van der Waals surface area contributed by atoms with E-state index < -0.39 is 12.4 Å². The molecule has 10 heteroatoms. The number of hydrogen-bond acceptors (Lipinski definition) is 4. The summed E-state index contributed by atoms with van der Waals surface area (Å²) in [5.41, 5.74) is -0.0140. The predicted molar refractivity (Wildman–Crippen MR) is 116 cm³/mol. The summed E-state index contributed by atoms with van der Waals surface area (Å²) >= 11 is 0. The van der Waals surface area contributed by atoms with Crippen molar-refractivity contribution in [2.45, 2.75) is 45.4 Å². The van der Waals surface area contributed by atoms with Gasteiger partial charge >= 0.3 is 6.61 Å². The van der Waals surface area contributed by atoms with E-state index in [1.807, 2.05) is 6.92 Å². The van der Waals surface area contributed by atoms with Crippen LogP contribution in [0.3, 0.4) is 0 Å². The van der Waals surface area contributed by atoms with Crippen LogP contribution < -0.4 is 15.4 Å². The van der Waals surface area contributed by atoms with Crippen LogP contribution in [0.2, 0.25) is 0 Å². The Morgan fingerprint density at radius 1 is 1.34 bits per heavy atom. The Hall–Kier alpha value is -1.27. The Kier molecular flexibility index (Phi) is 13.0. The molecule has 0 spiro atoms. The van der Waals surface area contributed by atoms with E-state index in [0.29, 0.717) is 32.3 Å². The molecule has 2 rings (SSSR count). The quantitative estimate of drug-likeness (QED) is 0.198. The number of rotatable bonds is 11. The van der Waals surface area contributed by atoms with Gasteiger partial charge < -0.3 is 24.8 Å². The molecule has 0 amide bonds. The van der Waals surface area contributed by atoms with Crippen molar-refractivity contribution < 1.29 is 27.4 Å². The Balaban J connectivity index is 0.00000420. The van der Waals surface area contributed by atoms with Gasteiger partial charge in [0, 0.05) is 26.3 Å². The summed E-state index contributed by atoms with van der Waals surface area (Å²) in [6.45, 7) is 1.97. The van der Waals surface area contributed by atoms with Crippen LogP contribution in [-0.4, -0.2) is 51.6 Å². The molecule has 1 aromatic carbocycles. The lowest BCUT2D eigenvalue weighted by molar-refractivity contribution is -0.0506. The van der Waals surface area contributed by atoms with Crippen molar-refractivity contribution in [1.82, 2.24) is 10.6 Å². The van der Waals surface area contributed by atoms with Gasteiger partial charge in [0.1, 0.15) is 11.6 Å². The Labute approximate surface area is 186 Å². The smallest absolute Gasteiger partial charge is 0.387 e. The van der Waals surface area contributed by atoms with Gasteiger partial charge in [-0.05, 0) is 38.3 Å². The SMILES string of the molecule is CCNC(=NCc1c(F)cccc1OC(F)F)NCCCOCC1CCCO1.I. The minimum Gasteiger partial charge on any atom is -0.434 e. The number of ether oxygens (including phenoxy) is 3. The van der Waals surface area contributed by atoms with Crippen molar-refractivity contribution in [3.63, 3.8) is 0 Å². The third-order valence-corrected chi connectivity index (χ3v) is 4.12. The maximum atomic E-state index is 14.0. The fourth-order valence-electron chi connectivity index (χ4n) is 2.77. The molecule has 1 aromatic rings. The molecule has 1 fully saturated rings. The highest BCUT2D eigenvalue weighted by Crippen LogP contribution is 2.24. The fourth-order valence-corrected chi connectivity index (χ4v) is 2.77. The van der Waals surface area contributed by atoms with E-state index in [1.54, 1.807) is 0 Å². The zero-order chi connectivity index (χ0) is 20.2. The molecule has 1 atom stereocenters. The lowest BCUT2D eigenvalue weighted by atomic mass is 10.2. The first-order chi connectivity index (χ1) is 13.6. The summed E-state index contributed by atoms with van der Waals surface area (Å²) in [7, 11) is 0. The molecule has 1 aliphatic heterocycles. The summed E-state index contributed by atoms with van der Waals surface area (Å²) in [6, 6.07) is 3.81. The topological polar surface area (TPSA) is 64.1 Å². The molecule has 0 aliphatic carbocycles. The first kappa shape index (κ1) is 25.8. The highest BCUT2D eigenvalue weighted by Gasteiger charge is 2.15. The Bertz CT molecular complexity index is 618. The predicted octanol–water partition coefficient (Wildman–Crippen LogP) is 3.69. The Morgan fingerprint density at radius 2 is 2.17 bits per heavy atom. The zero-order valence-electron chi connectivity index (χ0n) is 16.5. The molecule has 0 aromatic heterocycles. The van der Waals surface area contributed by atoms with Crippen molar-refractivity contribution in [3.8, 4) is 5.75 Å². The standard InChI is InChI=1S/C19H28F3N3O3.HI/c1-2-23-19(24-9-5-10-26-13-14-6-4-11-27-14)25-12-15-16(20)7-3-8-17(15)28-18(21)22;/h3,7-8,14,18H,2,4-6,9-13H2,1H3,(H2,23,24,25);1H. The molecule has 6 nitrogen and oxygen atoms in total. The third-order valence-electron chi connectivity index (χ3n) is 4.12. The molecule has 166 valence electrons. The lowest BCUT2D eigenvalue weighted by Crippen LogP contribution is -2.38. The van der Waals surface area contributed by atoms with Crippen LogP contribution in [0.25, 0.3) is 0 Å². The summed E-state index contributed by atoms with van der Waals surface area (Å²) in [6.07, 6.45) is 3.10. The van der Waals surface area contributed by atoms with Gasteiger partial charge in [0.15, 0.2) is 5.96 Å². The minimum atomic E-state index is -3.02. The third kappa shape index (κ3) is 9.85. The maximum absolute atomic E-state index is 14.0. The number of alkyl halides is 2.